The first-order valence-electron chi connectivity index (χ1n) is 7.62. The number of nitrogens with one attached hydrogen (secondary N) is 2. The summed E-state index contributed by atoms with van der Waals surface area (Å²) in [6.45, 7) is 5.38. The van der Waals surface area contributed by atoms with Crippen molar-refractivity contribution in [1.29, 1.82) is 0 Å². The summed E-state index contributed by atoms with van der Waals surface area (Å²) in [5, 5.41) is 6.12. The predicted molar refractivity (Wildman–Crippen MR) is 85.5 cm³/mol. The fourth-order valence-corrected chi connectivity index (χ4v) is 4.16. The number of nitrogens with zero attached hydrogens (tertiary/aromatic N) is 2. The van der Waals surface area contributed by atoms with Crippen LogP contribution < -0.4 is 10.6 Å². The van der Waals surface area contributed by atoms with Gasteiger partial charge in [0, 0.05) is 25.6 Å². The summed E-state index contributed by atoms with van der Waals surface area (Å²) >= 11 is 0. The Hall–Kier alpha value is -1.37. The Bertz CT molecular complexity index is 574. The molecule has 0 radical (unpaired) electrons. The second-order valence-electron chi connectivity index (χ2n) is 5.35. The van der Waals surface area contributed by atoms with Gasteiger partial charge in [-0.3, -0.25) is 0 Å². The molecule has 1 fully saturated rings. The maximum Gasteiger partial charge on any atom is 0.154 e. The first kappa shape index (κ1) is 16.0. The first-order chi connectivity index (χ1) is 10.0. The van der Waals surface area contributed by atoms with Crippen LogP contribution in [0.2, 0.25) is 0 Å². The van der Waals surface area contributed by atoms with Crippen molar-refractivity contribution in [3.05, 3.63) is 11.9 Å². The lowest BCUT2D eigenvalue weighted by molar-refractivity contribution is 0.591. The minimum atomic E-state index is -2.92. The molecular formula is C14H24N4O2S. The zero-order valence-corrected chi connectivity index (χ0v) is 13.5. The van der Waals surface area contributed by atoms with E-state index in [2.05, 4.69) is 27.5 Å². The normalized spacial score (nSPS) is 20.4. The molecule has 0 bridgehead atoms. The topological polar surface area (TPSA) is 84.0 Å². The first-order valence-corrected chi connectivity index (χ1v) is 9.34. The van der Waals surface area contributed by atoms with Crippen LogP contribution in [0.3, 0.4) is 0 Å². The van der Waals surface area contributed by atoms with Crippen LogP contribution in [0.5, 0.6) is 0 Å². The third kappa shape index (κ3) is 4.30. The van der Waals surface area contributed by atoms with Crippen LogP contribution in [0, 0.1) is 0 Å². The molecule has 0 saturated carbocycles. The van der Waals surface area contributed by atoms with Crippen LogP contribution in [0.4, 0.5) is 11.6 Å². The molecule has 1 aliphatic heterocycles. The molecule has 0 amide bonds. The Kier molecular flexibility index (Phi) is 5.39. The second-order valence-corrected chi connectivity index (χ2v) is 7.75. The van der Waals surface area contributed by atoms with E-state index in [-0.39, 0.29) is 5.25 Å². The van der Waals surface area contributed by atoms with Gasteiger partial charge in [-0.15, -0.1) is 0 Å². The van der Waals surface area contributed by atoms with Crippen molar-refractivity contribution in [1.82, 2.24) is 9.97 Å². The van der Waals surface area contributed by atoms with Crippen LogP contribution in [0.15, 0.2) is 6.07 Å². The molecule has 2 rings (SSSR count). The summed E-state index contributed by atoms with van der Waals surface area (Å²) in [6, 6.07) is 1.84. The zero-order valence-electron chi connectivity index (χ0n) is 12.7. The van der Waals surface area contributed by atoms with Crippen LogP contribution >= 0.6 is 0 Å². The molecule has 21 heavy (non-hydrogen) atoms. The highest BCUT2D eigenvalue weighted by Gasteiger charge is 2.30. The number of aryl methyl sites for hydroxylation is 1. The van der Waals surface area contributed by atoms with Crippen molar-refractivity contribution < 1.29 is 8.42 Å². The fraction of sp³-hybridized carbons (Fsp3) is 0.714. The number of aromatic nitrogens is 2. The molecule has 0 spiro atoms. The third-order valence-electron chi connectivity index (χ3n) is 3.62. The lowest BCUT2D eigenvalue weighted by atomic mass is 10.2. The Morgan fingerprint density at radius 2 is 1.95 bits per heavy atom. The van der Waals surface area contributed by atoms with E-state index in [1.54, 1.807) is 0 Å². The Labute approximate surface area is 126 Å². The van der Waals surface area contributed by atoms with Gasteiger partial charge in [0.25, 0.3) is 0 Å². The molecular weight excluding hydrogens is 288 g/mol. The number of anilines is 2. The number of sulfone groups is 1. The molecule has 2 N–H and O–H groups in total. The van der Waals surface area contributed by atoms with Crippen molar-refractivity contribution in [2.45, 2.75) is 44.8 Å². The Morgan fingerprint density at radius 1 is 1.24 bits per heavy atom. The number of rotatable bonds is 7. The van der Waals surface area contributed by atoms with Gasteiger partial charge in [0.1, 0.15) is 17.5 Å². The molecule has 1 saturated heterocycles. The highest BCUT2D eigenvalue weighted by Crippen LogP contribution is 2.21. The van der Waals surface area contributed by atoms with Crippen molar-refractivity contribution in [2.75, 3.05) is 29.5 Å². The lowest BCUT2D eigenvalue weighted by Crippen LogP contribution is -2.25. The molecule has 1 aromatic rings. The van der Waals surface area contributed by atoms with Crippen molar-refractivity contribution in [3.63, 3.8) is 0 Å². The van der Waals surface area contributed by atoms with E-state index in [1.807, 2.05) is 13.0 Å². The minimum Gasteiger partial charge on any atom is -0.370 e. The number of hydrogen-bond donors (Lipinski definition) is 2. The molecule has 0 aliphatic carbocycles. The summed E-state index contributed by atoms with van der Waals surface area (Å²) in [5.41, 5.74) is 0. The van der Waals surface area contributed by atoms with Gasteiger partial charge in [-0.1, -0.05) is 13.8 Å². The summed E-state index contributed by atoms with van der Waals surface area (Å²) in [6.07, 6.45) is 3.27. The van der Waals surface area contributed by atoms with Crippen LogP contribution in [-0.2, 0) is 16.3 Å². The van der Waals surface area contributed by atoms with E-state index in [0.717, 1.165) is 43.9 Å². The molecule has 1 atom stereocenters. The van der Waals surface area contributed by atoms with E-state index in [9.17, 15) is 8.42 Å². The second kappa shape index (κ2) is 7.06. The summed E-state index contributed by atoms with van der Waals surface area (Å²) in [5.74, 6) is 2.56. The maximum absolute atomic E-state index is 11.8. The molecule has 1 aromatic heterocycles. The van der Waals surface area contributed by atoms with Gasteiger partial charge >= 0.3 is 0 Å². The van der Waals surface area contributed by atoms with Gasteiger partial charge in [0.2, 0.25) is 0 Å². The highest BCUT2D eigenvalue weighted by molar-refractivity contribution is 7.92. The molecule has 1 unspecified atom stereocenters. The summed E-state index contributed by atoms with van der Waals surface area (Å²) < 4.78 is 23.7. The van der Waals surface area contributed by atoms with E-state index >= 15 is 0 Å². The molecule has 2 heterocycles. The van der Waals surface area contributed by atoms with Gasteiger partial charge in [0.05, 0.1) is 11.0 Å². The fourth-order valence-electron chi connectivity index (χ4n) is 2.40. The van der Waals surface area contributed by atoms with Crippen molar-refractivity contribution in [2.24, 2.45) is 0 Å². The van der Waals surface area contributed by atoms with E-state index in [0.29, 0.717) is 18.1 Å². The van der Waals surface area contributed by atoms with Gasteiger partial charge in [-0.25, -0.2) is 18.4 Å². The quantitative estimate of drug-likeness (QED) is 0.799. The number of hydrogen-bond acceptors (Lipinski definition) is 6. The third-order valence-corrected chi connectivity index (χ3v) is 5.89. The standard InChI is InChI=1S/C14H24N4O2S/c1-3-7-15-13-9-14(18-12(4-2)17-13)16-10-11-6-5-8-21(11,19)20/h9,11H,3-8,10H2,1-2H3,(H2,15,16,17,18). The average molecular weight is 312 g/mol. The van der Waals surface area contributed by atoms with Crippen LogP contribution in [0.25, 0.3) is 0 Å². The SMILES string of the molecule is CCCNc1cc(NCC2CCCS2(=O)=O)nc(CC)n1. The van der Waals surface area contributed by atoms with Gasteiger partial charge < -0.3 is 10.6 Å². The Balaban J connectivity index is 2.04. The maximum atomic E-state index is 11.8. The smallest absolute Gasteiger partial charge is 0.154 e. The Morgan fingerprint density at radius 3 is 2.52 bits per heavy atom. The predicted octanol–water partition coefficient (Wildman–Crippen LogP) is 1.85. The van der Waals surface area contributed by atoms with E-state index in [1.165, 1.54) is 0 Å². The van der Waals surface area contributed by atoms with Crippen molar-refractivity contribution in [3.8, 4) is 0 Å². The largest absolute Gasteiger partial charge is 0.370 e. The van der Waals surface area contributed by atoms with Gasteiger partial charge in [-0.2, -0.15) is 0 Å². The molecule has 1 aliphatic rings. The van der Waals surface area contributed by atoms with Crippen LogP contribution in [0.1, 0.15) is 38.9 Å². The minimum absolute atomic E-state index is 0.287. The van der Waals surface area contributed by atoms with Crippen LogP contribution in [-0.4, -0.2) is 42.5 Å². The monoisotopic (exact) mass is 312 g/mol. The average Bonchev–Trinajstić information content (AvgIpc) is 2.81. The van der Waals surface area contributed by atoms with E-state index in [4.69, 9.17) is 0 Å². The highest BCUT2D eigenvalue weighted by atomic mass is 32.2. The molecule has 6 nitrogen and oxygen atoms in total. The zero-order chi connectivity index (χ0) is 15.3. The molecule has 0 aromatic carbocycles. The molecule has 7 heteroatoms. The molecule has 118 valence electrons. The van der Waals surface area contributed by atoms with Gasteiger partial charge in [-0.05, 0) is 19.3 Å². The van der Waals surface area contributed by atoms with Crippen molar-refractivity contribution >= 4 is 21.5 Å². The summed E-state index contributed by atoms with van der Waals surface area (Å²) in [7, 11) is -2.92. The van der Waals surface area contributed by atoms with E-state index < -0.39 is 9.84 Å². The van der Waals surface area contributed by atoms with Gasteiger partial charge in [0.15, 0.2) is 9.84 Å². The summed E-state index contributed by atoms with van der Waals surface area (Å²) in [4.78, 5) is 8.83. The lowest BCUT2D eigenvalue weighted by Gasteiger charge is -2.13.